The maximum atomic E-state index is 13.1. The van der Waals surface area contributed by atoms with Gasteiger partial charge in [-0.15, -0.1) is 0 Å². The molecule has 1 aromatic heterocycles. The second-order valence-corrected chi connectivity index (χ2v) is 7.79. The fourth-order valence-corrected chi connectivity index (χ4v) is 4.64. The summed E-state index contributed by atoms with van der Waals surface area (Å²) >= 11 is 0. The van der Waals surface area contributed by atoms with Crippen LogP contribution in [-0.2, 0) is 14.3 Å². The lowest BCUT2D eigenvalue weighted by molar-refractivity contribution is -0.131. The minimum atomic E-state index is -0.738. The molecule has 152 valence electrons. The van der Waals surface area contributed by atoms with Crippen molar-refractivity contribution in [2.75, 3.05) is 37.6 Å². The van der Waals surface area contributed by atoms with Gasteiger partial charge in [0.05, 0.1) is 24.5 Å². The Hall–Kier alpha value is -2.19. The predicted octanol–water partition coefficient (Wildman–Crippen LogP) is 1.12. The molecule has 2 amide bonds. The third-order valence-corrected chi connectivity index (χ3v) is 6.14. The normalized spacial score (nSPS) is 30.5. The molecule has 8 heteroatoms. The van der Waals surface area contributed by atoms with Crippen molar-refractivity contribution in [3.63, 3.8) is 0 Å². The average molecular weight is 388 g/mol. The van der Waals surface area contributed by atoms with E-state index in [1.807, 2.05) is 12.2 Å². The van der Waals surface area contributed by atoms with Crippen LogP contribution in [-0.4, -0.2) is 66.3 Å². The van der Waals surface area contributed by atoms with Crippen molar-refractivity contribution in [1.82, 2.24) is 15.4 Å². The van der Waals surface area contributed by atoms with E-state index in [0.29, 0.717) is 24.7 Å². The number of aryl methyl sites for hydroxylation is 1. The number of nitrogens with zero attached hydrogens (tertiary/aromatic N) is 3. The largest absolute Gasteiger partial charge is 0.360 e. The minimum Gasteiger partial charge on any atom is -0.360 e. The first-order chi connectivity index (χ1) is 13.5. The smallest absolute Gasteiger partial charge is 0.235 e. The Balaban J connectivity index is 1.42. The molecule has 0 aliphatic carbocycles. The second-order valence-electron chi connectivity index (χ2n) is 7.79. The molecule has 0 radical (unpaired) electrons. The topological polar surface area (TPSA) is 87.9 Å². The highest BCUT2D eigenvalue weighted by molar-refractivity contribution is 6.02. The fraction of sp³-hybridized carbons (Fsp3) is 0.650. The molecule has 4 heterocycles. The number of amides is 2. The Labute approximate surface area is 164 Å². The summed E-state index contributed by atoms with van der Waals surface area (Å²) in [7, 11) is 0. The number of hydrogen-bond donors (Lipinski definition) is 1. The molecule has 4 atom stereocenters. The van der Waals surface area contributed by atoms with E-state index in [1.54, 1.807) is 17.9 Å². The zero-order valence-electron chi connectivity index (χ0n) is 16.7. The number of fused-ring (bicyclic) bond motifs is 1. The molecule has 4 rings (SSSR count). The lowest BCUT2D eigenvalue weighted by Crippen LogP contribution is -2.44. The first kappa shape index (κ1) is 19.1. The summed E-state index contributed by atoms with van der Waals surface area (Å²) in [6.07, 6.45) is 4.41. The van der Waals surface area contributed by atoms with E-state index < -0.39 is 17.4 Å². The lowest BCUT2D eigenvalue weighted by atomic mass is 9.77. The highest BCUT2D eigenvalue weighted by atomic mass is 16.5. The van der Waals surface area contributed by atoms with Crippen LogP contribution < -0.4 is 10.2 Å². The van der Waals surface area contributed by atoms with Crippen molar-refractivity contribution in [2.45, 2.75) is 38.9 Å². The van der Waals surface area contributed by atoms with Crippen LogP contribution in [0.3, 0.4) is 0 Å². The van der Waals surface area contributed by atoms with Crippen LogP contribution >= 0.6 is 0 Å². The number of anilines is 1. The Kier molecular flexibility index (Phi) is 5.01. The Morgan fingerprint density at radius 1 is 1.43 bits per heavy atom. The predicted molar refractivity (Wildman–Crippen MR) is 103 cm³/mol. The van der Waals surface area contributed by atoms with E-state index in [1.165, 1.54) is 0 Å². The summed E-state index contributed by atoms with van der Waals surface area (Å²) in [5.41, 5.74) is -0.738. The van der Waals surface area contributed by atoms with Gasteiger partial charge in [0.1, 0.15) is 11.4 Å². The SMILES string of the molecule is CCN(CC)CCCNC(=O)[C@H]1[C@H]2C(=O)N(c3cc(C)on3)C[C@@]23C=C[C@H]1O3. The molecule has 1 spiro atoms. The van der Waals surface area contributed by atoms with Gasteiger partial charge in [-0.3, -0.25) is 14.5 Å². The molecule has 28 heavy (non-hydrogen) atoms. The van der Waals surface area contributed by atoms with Crippen LogP contribution in [0.15, 0.2) is 22.7 Å². The van der Waals surface area contributed by atoms with Crippen LogP contribution in [0, 0.1) is 18.8 Å². The number of carbonyl (C=O) groups is 2. The van der Waals surface area contributed by atoms with Crippen LogP contribution in [0.25, 0.3) is 0 Å². The van der Waals surface area contributed by atoms with Crippen molar-refractivity contribution in [3.05, 3.63) is 24.0 Å². The molecule has 0 unspecified atom stereocenters. The number of rotatable bonds is 8. The molecule has 1 N–H and O–H groups in total. The average Bonchev–Trinajstić information content (AvgIpc) is 3.43. The quantitative estimate of drug-likeness (QED) is 0.530. The molecule has 2 bridgehead atoms. The van der Waals surface area contributed by atoms with E-state index >= 15 is 0 Å². The monoisotopic (exact) mass is 388 g/mol. The van der Waals surface area contributed by atoms with Gasteiger partial charge in [0.25, 0.3) is 0 Å². The van der Waals surface area contributed by atoms with Crippen LogP contribution in [0.5, 0.6) is 0 Å². The number of hydrogen-bond acceptors (Lipinski definition) is 6. The summed E-state index contributed by atoms with van der Waals surface area (Å²) in [5, 5.41) is 6.98. The molecule has 1 aromatic rings. The summed E-state index contributed by atoms with van der Waals surface area (Å²) in [5.74, 6) is -0.118. The first-order valence-electron chi connectivity index (χ1n) is 10.1. The number of carbonyl (C=O) groups excluding carboxylic acids is 2. The van der Waals surface area contributed by atoms with Gasteiger partial charge < -0.3 is 19.5 Å². The van der Waals surface area contributed by atoms with E-state index in [9.17, 15) is 9.59 Å². The third kappa shape index (κ3) is 3.04. The second kappa shape index (κ2) is 7.33. The van der Waals surface area contributed by atoms with Gasteiger partial charge in [0.15, 0.2) is 5.82 Å². The molecule has 3 aliphatic rings. The third-order valence-electron chi connectivity index (χ3n) is 6.14. The molecule has 2 fully saturated rings. The van der Waals surface area contributed by atoms with Gasteiger partial charge in [-0.2, -0.15) is 0 Å². The summed E-state index contributed by atoms with van der Waals surface area (Å²) in [6, 6.07) is 1.73. The number of aromatic nitrogens is 1. The van der Waals surface area contributed by atoms with Crippen molar-refractivity contribution in [3.8, 4) is 0 Å². The van der Waals surface area contributed by atoms with Gasteiger partial charge in [-0.25, -0.2) is 0 Å². The van der Waals surface area contributed by atoms with Gasteiger partial charge in [0.2, 0.25) is 11.8 Å². The number of nitrogens with one attached hydrogen (secondary N) is 1. The standard InChI is InChI=1S/C20H28N4O4/c1-4-23(5-2)10-6-9-21-18(25)16-14-7-8-20(27-14)12-24(19(26)17(16)20)15-11-13(3)28-22-15/h7-8,11,14,16-17H,4-6,9-10,12H2,1-3H3,(H,21,25)/t14-,16-,17+,20+/m1/s1. The van der Waals surface area contributed by atoms with E-state index in [0.717, 1.165) is 26.1 Å². The maximum absolute atomic E-state index is 13.1. The summed E-state index contributed by atoms with van der Waals surface area (Å²) in [4.78, 5) is 29.9. The van der Waals surface area contributed by atoms with Crippen molar-refractivity contribution in [1.29, 1.82) is 0 Å². The first-order valence-corrected chi connectivity index (χ1v) is 10.1. The molecule has 0 aromatic carbocycles. The van der Waals surface area contributed by atoms with Crippen LogP contribution in [0.2, 0.25) is 0 Å². The molecular weight excluding hydrogens is 360 g/mol. The molecular formula is C20H28N4O4. The molecule has 0 saturated carbocycles. The maximum Gasteiger partial charge on any atom is 0.235 e. The Morgan fingerprint density at radius 2 is 2.21 bits per heavy atom. The lowest BCUT2D eigenvalue weighted by Gasteiger charge is -2.23. The fourth-order valence-electron chi connectivity index (χ4n) is 4.64. The number of ether oxygens (including phenoxy) is 1. The van der Waals surface area contributed by atoms with Gasteiger partial charge in [-0.1, -0.05) is 31.2 Å². The van der Waals surface area contributed by atoms with E-state index in [2.05, 4.69) is 29.2 Å². The van der Waals surface area contributed by atoms with Crippen molar-refractivity contribution in [2.24, 2.45) is 11.8 Å². The van der Waals surface area contributed by atoms with Crippen molar-refractivity contribution < 1.29 is 18.8 Å². The molecule has 3 aliphatic heterocycles. The van der Waals surface area contributed by atoms with E-state index in [-0.39, 0.29) is 17.9 Å². The van der Waals surface area contributed by atoms with Gasteiger partial charge in [0, 0.05) is 12.6 Å². The van der Waals surface area contributed by atoms with Gasteiger partial charge in [-0.05, 0) is 33.0 Å². The Morgan fingerprint density at radius 3 is 2.89 bits per heavy atom. The summed E-state index contributed by atoms with van der Waals surface area (Å²) < 4.78 is 11.2. The highest BCUT2D eigenvalue weighted by Gasteiger charge is 2.67. The van der Waals surface area contributed by atoms with E-state index in [4.69, 9.17) is 9.26 Å². The zero-order chi connectivity index (χ0) is 19.9. The van der Waals surface area contributed by atoms with Gasteiger partial charge >= 0.3 is 0 Å². The molecule has 2 saturated heterocycles. The van der Waals surface area contributed by atoms with Crippen molar-refractivity contribution >= 4 is 17.6 Å². The van der Waals surface area contributed by atoms with Crippen LogP contribution in [0.1, 0.15) is 26.0 Å². The zero-order valence-corrected chi connectivity index (χ0v) is 16.7. The molecule has 8 nitrogen and oxygen atoms in total. The van der Waals surface area contributed by atoms with Crippen LogP contribution in [0.4, 0.5) is 5.82 Å². The summed E-state index contributed by atoms with van der Waals surface area (Å²) in [6.45, 7) is 9.97. The highest BCUT2D eigenvalue weighted by Crippen LogP contribution is 2.52. The Bertz CT molecular complexity index is 787. The minimum absolute atomic E-state index is 0.104.